The molecule has 1 rings (SSSR count). The number of nitrogens with zero attached hydrogens (tertiary/aromatic N) is 3. The molecule has 0 spiro atoms. The van der Waals surface area contributed by atoms with Gasteiger partial charge < -0.3 is 10.2 Å². The lowest BCUT2D eigenvalue weighted by Gasteiger charge is -2.23. The van der Waals surface area contributed by atoms with Crippen LogP contribution in [-0.2, 0) is 6.42 Å². The minimum atomic E-state index is 0.547. The zero-order valence-corrected chi connectivity index (χ0v) is 12.5. The fourth-order valence-corrected chi connectivity index (χ4v) is 2.01. The number of halogens is 1. The maximum Gasteiger partial charge on any atom is 0.137 e. The molecule has 1 N–H and O–H groups in total. The van der Waals surface area contributed by atoms with Crippen molar-refractivity contribution in [2.45, 2.75) is 39.7 Å². The topological polar surface area (TPSA) is 41.1 Å². The molecule has 4 nitrogen and oxygen atoms in total. The van der Waals surface area contributed by atoms with Crippen LogP contribution >= 0.6 is 11.6 Å². The minimum Gasteiger partial charge on any atom is -0.368 e. The van der Waals surface area contributed by atoms with Crippen LogP contribution in [0.4, 0.5) is 5.82 Å². The molecule has 0 aliphatic heterocycles. The second-order valence-electron chi connectivity index (χ2n) is 4.51. The van der Waals surface area contributed by atoms with E-state index in [-0.39, 0.29) is 0 Å². The van der Waals surface area contributed by atoms with E-state index in [1.54, 1.807) is 0 Å². The second kappa shape index (κ2) is 7.54. The van der Waals surface area contributed by atoms with Crippen molar-refractivity contribution in [2.24, 2.45) is 0 Å². The van der Waals surface area contributed by atoms with Crippen LogP contribution < -0.4 is 5.32 Å². The highest BCUT2D eigenvalue weighted by Gasteiger charge is 2.09. The average molecular weight is 271 g/mol. The Morgan fingerprint density at radius 1 is 1.39 bits per heavy atom. The van der Waals surface area contributed by atoms with Gasteiger partial charge in [0.15, 0.2) is 0 Å². The predicted molar refractivity (Wildman–Crippen MR) is 77.3 cm³/mol. The van der Waals surface area contributed by atoms with Crippen LogP contribution in [0.15, 0.2) is 6.33 Å². The highest BCUT2D eigenvalue weighted by Crippen LogP contribution is 2.19. The first-order valence-corrected chi connectivity index (χ1v) is 6.91. The van der Waals surface area contributed by atoms with E-state index in [4.69, 9.17) is 11.6 Å². The standard InChI is InChI=1S/C13H23ClN4/c1-5-10(3)18(4)8-7-15-13-11(6-2)12(14)16-9-17-13/h9-10H,5-8H2,1-4H3,(H,15,16,17). The first-order valence-electron chi connectivity index (χ1n) is 6.53. The number of hydrogen-bond donors (Lipinski definition) is 1. The molecule has 1 unspecified atom stereocenters. The maximum absolute atomic E-state index is 6.04. The fraction of sp³-hybridized carbons (Fsp3) is 0.692. The van der Waals surface area contributed by atoms with Gasteiger partial charge in [0.05, 0.1) is 0 Å². The molecule has 18 heavy (non-hydrogen) atoms. The van der Waals surface area contributed by atoms with Crippen molar-refractivity contribution in [3.63, 3.8) is 0 Å². The van der Waals surface area contributed by atoms with Crippen molar-refractivity contribution in [2.75, 3.05) is 25.5 Å². The third-order valence-corrected chi connectivity index (χ3v) is 3.67. The molecule has 102 valence electrons. The van der Waals surface area contributed by atoms with Gasteiger partial charge in [-0.05, 0) is 26.8 Å². The van der Waals surface area contributed by atoms with E-state index in [1.807, 2.05) is 0 Å². The summed E-state index contributed by atoms with van der Waals surface area (Å²) in [6.07, 6.45) is 3.50. The zero-order chi connectivity index (χ0) is 13.5. The maximum atomic E-state index is 6.04. The lowest BCUT2D eigenvalue weighted by Crippen LogP contribution is -2.32. The summed E-state index contributed by atoms with van der Waals surface area (Å²) in [6.45, 7) is 8.34. The summed E-state index contributed by atoms with van der Waals surface area (Å²) < 4.78 is 0. The van der Waals surface area contributed by atoms with E-state index < -0.39 is 0 Å². The average Bonchev–Trinajstić information content (AvgIpc) is 2.37. The molecule has 1 heterocycles. The van der Waals surface area contributed by atoms with Crippen LogP contribution in [0.1, 0.15) is 32.8 Å². The summed E-state index contributed by atoms with van der Waals surface area (Å²) in [4.78, 5) is 10.6. The van der Waals surface area contributed by atoms with E-state index in [0.717, 1.165) is 37.3 Å². The monoisotopic (exact) mass is 270 g/mol. The van der Waals surface area contributed by atoms with Gasteiger partial charge in [-0.2, -0.15) is 0 Å². The summed E-state index contributed by atoms with van der Waals surface area (Å²) in [5.74, 6) is 0.857. The molecule has 1 aromatic heterocycles. The highest BCUT2D eigenvalue weighted by molar-refractivity contribution is 6.30. The van der Waals surface area contributed by atoms with Crippen LogP contribution in [0.25, 0.3) is 0 Å². The summed E-state index contributed by atoms with van der Waals surface area (Å²) in [7, 11) is 2.14. The van der Waals surface area contributed by atoms with Crippen LogP contribution in [0.5, 0.6) is 0 Å². The molecule has 0 saturated heterocycles. The summed E-state index contributed by atoms with van der Waals surface area (Å²) in [5, 5.41) is 3.88. The SMILES string of the molecule is CCc1c(Cl)ncnc1NCCN(C)C(C)CC. The summed E-state index contributed by atoms with van der Waals surface area (Å²) in [5.41, 5.74) is 0.991. The Morgan fingerprint density at radius 3 is 2.72 bits per heavy atom. The zero-order valence-electron chi connectivity index (χ0n) is 11.7. The summed E-state index contributed by atoms with van der Waals surface area (Å²) >= 11 is 6.04. The highest BCUT2D eigenvalue weighted by atomic mass is 35.5. The first-order chi connectivity index (χ1) is 8.60. The summed E-state index contributed by atoms with van der Waals surface area (Å²) in [6, 6.07) is 0.603. The molecule has 0 fully saturated rings. The molecule has 0 aliphatic rings. The van der Waals surface area contributed by atoms with Gasteiger partial charge >= 0.3 is 0 Å². The third-order valence-electron chi connectivity index (χ3n) is 3.35. The van der Waals surface area contributed by atoms with Crippen molar-refractivity contribution in [3.8, 4) is 0 Å². The molecule has 0 aromatic carbocycles. The molecule has 1 aromatic rings. The number of nitrogens with one attached hydrogen (secondary N) is 1. The first kappa shape index (κ1) is 15.2. The largest absolute Gasteiger partial charge is 0.368 e. The van der Waals surface area contributed by atoms with Crippen molar-refractivity contribution in [1.82, 2.24) is 14.9 Å². The molecule has 0 bridgehead atoms. The van der Waals surface area contributed by atoms with E-state index in [1.165, 1.54) is 6.33 Å². The lowest BCUT2D eigenvalue weighted by atomic mass is 10.2. The van der Waals surface area contributed by atoms with Crippen molar-refractivity contribution in [3.05, 3.63) is 17.0 Å². The molecule has 0 amide bonds. The second-order valence-corrected chi connectivity index (χ2v) is 4.87. The van der Waals surface area contributed by atoms with Crippen molar-refractivity contribution >= 4 is 17.4 Å². The van der Waals surface area contributed by atoms with Gasteiger partial charge in [-0.25, -0.2) is 9.97 Å². The lowest BCUT2D eigenvalue weighted by molar-refractivity contribution is 0.261. The van der Waals surface area contributed by atoms with Gasteiger partial charge in [0.25, 0.3) is 0 Å². The van der Waals surface area contributed by atoms with Gasteiger partial charge in [-0.15, -0.1) is 0 Å². The van der Waals surface area contributed by atoms with Gasteiger partial charge in [-0.3, -0.25) is 0 Å². The smallest absolute Gasteiger partial charge is 0.137 e. The number of hydrogen-bond acceptors (Lipinski definition) is 4. The number of aromatic nitrogens is 2. The Balaban J connectivity index is 2.51. The quantitative estimate of drug-likeness (QED) is 0.774. The van der Waals surface area contributed by atoms with Crippen molar-refractivity contribution in [1.29, 1.82) is 0 Å². The van der Waals surface area contributed by atoms with Crippen LogP contribution in [-0.4, -0.2) is 41.0 Å². The predicted octanol–water partition coefficient (Wildman–Crippen LogP) is 2.83. The van der Waals surface area contributed by atoms with Crippen molar-refractivity contribution < 1.29 is 0 Å². The molecule has 0 radical (unpaired) electrons. The number of likely N-dealkylation sites (N-methyl/N-ethyl adjacent to an activating group) is 1. The molecule has 1 atom stereocenters. The molecule has 0 aliphatic carbocycles. The number of anilines is 1. The van der Waals surface area contributed by atoms with Crippen LogP contribution in [0.2, 0.25) is 5.15 Å². The fourth-order valence-electron chi connectivity index (χ4n) is 1.74. The van der Waals surface area contributed by atoms with Crippen LogP contribution in [0, 0.1) is 0 Å². The third kappa shape index (κ3) is 4.10. The van der Waals surface area contributed by atoms with E-state index in [0.29, 0.717) is 11.2 Å². The van der Waals surface area contributed by atoms with Gasteiger partial charge in [0, 0.05) is 24.7 Å². The van der Waals surface area contributed by atoms with Crippen LogP contribution in [0.3, 0.4) is 0 Å². The Labute approximate surface area is 115 Å². The number of rotatable bonds is 7. The normalized spacial score (nSPS) is 12.8. The molecular formula is C13H23ClN4. The Morgan fingerprint density at radius 2 is 2.11 bits per heavy atom. The Bertz CT molecular complexity index is 370. The minimum absolute atomic E-state index is 0.547. The molecular weight excluding hydrogens is 248 g/mol. The van der Waals surface area contributed by atoms with E-state index >= 15 is 0 Å². The Hall–Kier alpha value is -0.870. The molecule has 0 saturated carbocycles. The van der Waals surface area contributed by atoms with Gasteiger partial charge in [0.1, 0.15) is 17.3 Å². The Kier molecular flexibility index (Phi) is 6.36. The van der Waals surface area contributed by atoms with Gasteiger partial charge in [-0.1, -0.05) is 25.4 Å². The van der Waals surface area contributed by atoms with E-state index in [2.05, 4.69) is 48.0 Å². The van der Waals surface area contributed by atoms with E-state index in [9.17, 15) is 0 Å². The van der Waals surface area contributed by atoms with Gasteiger partial charge in [0.2, 0.25) is 0 Å². The molecule has 5 heteroatoms.